The molecule has 0 aliphatic carbocycles. The van der Waals surface area contributed by atoms with Crippen molar-refractivity contribution in [1.29, 1.82) is 0 Å². The molecular weight excluding hydrogens is 299 g/mol. The minimum atomic E-state index is -0.600. The number of aromatic nitrogens is 1. The molecule has 0 bridgehead atoms. The summed E-state index contributed by atoms with van der Waals surface area (Å²) in [5.74, 6) is 0.158. The van der Waals surface area contributed by atoms with Crippen molar-refractivity contribution >= 4 is 5.91 Å². The number of aliphatic hydroxyl groups is 1. The number of nitrogens with zero attached hydrogens (tertiary/aromatic N) is 2. The molecule has 6 heteroatoms. The molecular formula is C17H19FN2O3. The third-order valence-electron chi connectivity index (χ3n) is 4.34. The van der Waals surface area contributed by atoms with Gasteiger partial charge in [-0.3, -0.25) is 4.79 Å². The molecule has 3 rings (SSSR count). The monoisotopic (exact) mass is 318 g/mol. The number of amides is 1. The van der Waals surface area contributed by atoms with E-state index < -0.39 is 6.10 Å². The largest absolute Gasteiger partial charge is 0.391 e. The van der Waals surface area contributed by atoms with Crippen molar-refractivity contribution < 1.29 is 18.8 Å². The Morgan fingerprint density at radius 3 is 2.91 bits per heavy atom. The highest BCUT2D eigenvalue weighted by Crippen LogP contribution is 2.33. The maximum absolute atomic E-state index is 13.5. The van der Waals surface area contributed by atoms with Crippen LogP contribution >= 0.6 is 0 Å². The Morgan fingerprint density at radius 2 is 2.26 bits per heavy atom. The zero-order valence-corrected chi connectivity index (χ0v) is 13.1. The van der Waals surface area contributed by atoms with Crippen LogP contribution in [-0.2, 0) is 11.2 Å². The van der Waals surface area contributed by atoms with Crippen LogP contribution in [0.1, 0.15) is 35.0 Å². The Balaban J connectivity index is 1.83. The van der Waals surface area contributed by atoms with Gasteiger partial charge in [0.25, 0.3) is 0 Å². The molecule has 1 N–H and O–H groups in total. The fourth-order valence-corrected chi connectivity index (χ4v) is 3.13. The number of hydrogen-bond acceptors (Lipinski definition) is 4. The second-order valence-corrected chi connectivity index (χ2v) is 5.99. The van der Waals surface area contributed by atoms with E-state index in [1.807, 2.05) is 0 Å². The Morgan fingerprint density at radius 1 is 1.48 bits per heavy atom. The molecule has 1 amide bonds. The fraction of sp³-hybridized carbons (Fsp3) is 0.412. The van der Waals surface area contributed by atoms with Gasteiger partial charge < -0.3 is 14.5 Å². The lowest BCUT2D eigenvalue weighted by molar-refractivity contribution is -0.131. The number of carbonyl (C=O) groups is 1. The molecule has 1 aliphatic heterocycles. The number of aliphatic hydroxyl groups excluding tert-OH is 1. The number of β-amino-alcohol motifs (C(OH)–C–C–N with tert-alkyl or cyclic N) is 1. The smallest absolute Gasteiger partial charge is 0.227 e. The first-order valence-electron chi connectivity index (χ1n) is 7.60. The summed E-state index contributed by atoms with van der Waals surface area (Å²) >= 11 is 0. The van der Waals surface area contributed by atoms with Crippen molar-refractivity contribution in [2.24, 2.45) is 0 Å². The van der Waals surface area contributed by atoms with Gasteiger partial charge in [-0.15, -0.1) is 0 Å². The molecule has 122 valence electrons. The molecule has 0 saturated carbocycles. The van der Waals surface area contributed by atoms with E-state index in [2.05, 4.69) is 5.16 Å². The summed E-state index contributed by atoms with van der Waals surface area (Å²) in [7, 11) is 0. The van der Waals surface area contributed by atoms with E-state index in [1.54, 1.807) is 30.9 Å². The van der Waals surface area contributed by atoms with Crippen LogP contribution in [0.4, 0.5) is 4.39 Å². The van der Waals surface area contributed by atoms with Crippen LogP contribution < -0.4 is 0 Å². The minimum Gasteiger partial charge on any atom is -0.391 e. The highest BCUT2D eigenvalue weighted by atomic mass is 19.1. The van der Waals surface area contributed by atoms with Gasteiger partial charge in [0.2, 0.25) is 5.91 Å². The van der Waals surface area contributed by atoms with Gasteiger partial charge in [-0.05, 0) is 38.0 Å². The molecule has 0 spiro atoms. The number of likely N-dealkylation sites (tertiary alicyclic amines) is 1. The van der Waals surface area contributed by atoms with E-state index in [-0.39, 0.29) is 30.7 Å². The lowest BCUT2D eigenvalue weighted by Crippen LogP contribution is -2.33. The summed E-state index contributed by atoms with van der Waals surface area (Å²) in [6, 6.07) is 5.87. The lowest BCUT2D eigenvalue weighted by Gasteiger charge is -2.25. The van der Waals surface area contributed by atoms with Gasteiger partial charge in [0.15, 0.2) is 0 Å². The summed E-state index contributed by atoms with van der Waals surface area (Å²) in [5.41, 5.74) is 2.17. The number of benzene rings is 1. The average Bonchev–Trinajstić information content (AvgIpc) is 3.05. The Labute approximate surface area is 133 Å². The number of carbonyl (C=O) groups excluding carboxylic acids is 1. The normalized spacial score (nSPS) is 21.0. The summed E-state index contributed by atoms with van der Waals surface area (Å²) in [6.07, 6.45) is -0.0202. The SMILES string of the molecule is Cc1noc(C)c1CC(=O)N1C[C@@H](O)C[C@@H]1c1cccc(F)c1. The highest BCUT2D eigenvalue weighted by molar-refractivity contribution is 5.80. The van der Waals surface area contributed by atoms with Crippen LogP contribution in [0.2, 0.25) is 0 Å². The van der Waals surface area contributed by atoms with Crippen LogP contribution in [0, 0.1) is 19.7 Å². The molecule has 23 heavy (non-hydrogen) atoms. The predicted octanol–water partition coefficient (Wildman–Crippen LogP) is 2.31. The van der Waals surface area contributed by atoms with Gasteiger partial charge in [-0.2, -0.15) is 0 Å². The van der Waals surface area contributed by atoms with Crippen LogP contribution in [0.3, 0.4) is 0 Å². The Hall–Kier alpha value is -2.21. The van der Waals surface area contributed by atoms with Crippen molar-refractivity contribution in [2.75, 3.05) is 6.54 Å². The molecule has 1 saturated heterocycles. The van der Waals surface area contributed by atoms with Crippen LogP contribution in [0.25, 0.3) is 0 Å². The van der Waals surface area contributed by atoms with E-state index in [0.29, 0.717) is 23.4 Å². The summed E-state index contributed by atoms with van der Waals surface area (Å²) in [6.45, 7) is 3.82. The maximum Gasteiger partial charge on any atom is 0.227 e. The molecule has 5 nitrogen and oxygen atoms in total. The number of halogens is 1. The quantitative estimate of drug-likeness (QED) is 0.943. The molecule has 1 aliphatic rings. The van der Waals surface area contributed by atoms with E-state index in [9.17, 15) is 14.3 Å². The second kappa shape index (κ2) is 6.12. The summed E-state index contributed by atoms with van der Waals surface area (Å²) in [5, 5.41) is 13.8. The van der Waals surface area contributed by atoms with E-state index in [0.717, 1.165) is 5.56 Å². The summed E-state index contributed by atoms with van der Waals surface area (Å²) < 4.78 is 18.6. The first-order chi connectivity index (χ1) is 11.0. The average molecular weight is 318 g/mol. The zero-order chi connectivity index (χ0) is 16.6. The highest BCUT2D eigenvalue weighted by Gasteiger charge is 2.35. The minimum absolute atomic E-state index is 0.120. The van der Waals surface area contributed by atoms with Gasteiger partial charge in [0.05, 0.1) is 24.3 Å². The molecule has 1 fully saturated rings. The molecule has 1 aromatic heterocycles. The van der Waals surface area contributed by atoms with Gasteiger partial charge >= 0.3 is 0 Å². The van der Waals surface area contributed by atoms with Crippen molar-refractivity contribution in [3.8, 4) is 0 Å². The van der Waals surface area contributed by atoms with Gasteiger partial charge in [0, 0.05) is 12.1 Å². The van der Waals surface area contributed by atoms with Gasteiger partial charge in [-0.25, -0.2) is 4.39 Å². The molecule has 2 heterocycles. The Kier molecular flexibility index (Phi) is 4.17. The predicted molar refractivity (Wildman–Crippen MR) is 81.2 cm³/mol. The third kappa shape index (κ3) is 3.12. The van der Waals surface area contributed by atoms with Crippen LogP contribution in [-0.4, -0.2) is 33.7 Å². The van der Waals surface area contributed by atoms with Crippen molar-refractivity contribution in [1.82, 2.24) is 10.1 Å². The number of hydrogen-bond donors (Lipinski definition) is 1. The molecule has 2 aromatic rings. The first kappa shape index (κ1) is 15.7. The Bertz CT molecular complexity index is 709. The van der Waals surface area contributed by atoms with Crippen molar-refractivity contribution in [3.63, 3.8) is 0 Å². The molecule has 1 aromatic carbocycles. The van der Waals surface area contributed by atoms with E-state index in [1.165, 1.54) is 12.1 Å². The van der Waals surface area contributed by atoms with E-state index in [4.69, 9.17) is 4.52 Å². The van der Waals surface area contributed by atoms with Crippen molar-refractivity contribution in [2.45, 2.75) is 38.8 Å². The van der Waals surface area contributed by atoms with Crippen LogP contribution in [0.15, 0.2) is 28.8 Å². The fourth-order valence-electron chi connectivity index (χ4n) is 3.13. The number of aryl methyl sites for hydroxylation is 2. The first-order valence-corrected chi connectivity index (χ1v) is 7.60. The second-order valence-electron chi connectivity index (χ2n) is 5.99. The lowest BCUT2D eigenvalue weighted by atomic mass is 10.0. The third-order valence-corrected chi connectivity index (χ3v) is 4.34. The standard InChI is InChI=1S/C17H19FN2O3/c1-10-15(11(2)23-19-10)8-17(22)20-9-14(21)7-16(20)12-4-3-5-13(18)6-12/h3-6,14,16,21H,7-9H2,1-2H3/t14-,16+/m0/s1. The molecule has 0 radical (unpaired) electrons. The van der Waals surface area contributed by atoms with Gasteiger partial charge in [-0.1, -0.05) is 17.3 Å². The molecule has 2 atom stereocenters. The van der Waals surface area contributed by atoms with E-state index >= 15 is 0 Å². The van der Waals surface area contributed by atoms with Gasteiger partial charge in [0.1, 0.15) is 11.6 Å². The maximum atomic E-state index is 13.5. The molecule has 0 unspecified atom stereocenters. The van der Waals surface area contributed by atoms with Crippen molar-refractivity contribution in [3.05, 3.63) is 52.7 Å². The summed E-state index contributed by atoms with van der Waals surface area (Å²) in [4.78, 5) is 14.3. The topological polar surface area (TPSA) is 66.6 Å². The van der Waals surface area contributed by atoms with Crippen LogP contribution in [0.5, 0.6) is 0 Å². The number of rotatable bonds is 3. The zero-order valence-electron chi connectivity index (χ0n) is 13.1.